The van der Waals surface area contributed by atoms with Crippen LogP contribution in [0.25, 0.3) is 0 Å². The van der Waals surface area contributed by atoms with E-state index in [9.17, 15) is 14.3 Å². The molecule has 0 aliphatic rings. The Morgan fingerprint density at radius 3 is 1.38 bits per heavy atom. The van der Waals surface area contributed by atoms with Crippen molar-refractivity contribution in [3.63, 3.8) is 0 Å². The number of hydrogen-bond donors (Lipinski definition) is 0. The number of nitrogens with zero attached hydrogens (tertiary/aromatic N) is 1. The Hall–Kier alpha value is -0.500. The molecule has 0 saturated heterocycles. The van der Waals surface area contributed by atoms with E-state index in [1.807, 2.05) is 21.1 Å². The summed E-state index contributed by atoms with van der Waals surface area (Å²) in [6.45, 7) is 5.39. The third-order valence-electron chi connectivity index (χ3n) is 8.91. The van der Waals surface area contributed by atoms with E-state index < -0.39 is 13.9 Å². The van der Waals surface area contributed by atoms with E-state index in [4.69, 9.17) is 18.5 Å². The molecule has 0 aromatic rings. The lowest BCUT2D eigenvalue weighted by molar-refractivity contribution is -0.870. The Kier molecular flexibility index (Phi) is 33.3. The summed E-state index contributed by atoms with van der Waals surface area (Å²) in [7, 11) is 1.37. The smallest absolute Gasteiger partial charge is 0.306 e. The first-order chi connectivity index (χ1) is 23.1. The number of carbonyl (C=O) groups is 1. The van der Waals surface area contributed by atoms with Crippen LogP contribution in [0.4, 0.5) is 0 Å². The summed E-state index contributed by atoms with van der Waals surface area (Å²) in [5.41, 5.74) is 0. The molecule has 0 bridgehead atoms. The van der Waals surface area contributed by atoms with Crippen molar-refractivity contribution in [1.29, 1.82) is 0 Å². The lowest BCUT2D eigenvalue weighted by Gasteiger charge is -2.28. The molecule has 0 aromatic carbocycles. The zero-order valence-corrected chi connectivity index (χ0v) is 33.4. The van der Waals surface area contributed by atoms with Gasteiger partial charge in [-0.3, -0.25) is 9.36 Å². The van der Waals surface area contributed by atoms with Crippen LogP contribution in [0, 0.1) is 0 Å². The Labute approximate surface area is 298 Å². The van der Waals surface area contributed by atoms with E-state index in [2.05, 4.69) is 13.8 Å². The minimum Gasteiger partial charge on any atom is -0.756 e. The van der Waals surface area contributed by atoms with Gasteiger partial charge in [0, 0.05) is 13.0 Å². The number of likely N-dealkylation sites (N-methyl/N-ethyl adjacent to an activating group) is 1. The molecule has 0 aliphatic carbocycles. The summed E-state index contributed by atoms with van der Waals surface area (Å²) in [5.74, 6) is -0.333. The molecule has 0 aromatic heterocycles. The minimum atomic E-state index is -4.50. The summed E-state index contributed by atoms with van der Waals surface area (Å²) < 4.78 is 34.3. The van der Waals surface area contributed by atoms with E-state index in [1.165, 1.54) is 135 Å². The average Bonchev–Trinajstić information content (AvgIpc) is 3.03. The molecule has 288 valence electrons. The molecule has 0 N–H and O–H groups in total. The van der Waals surface area contributed by atoms with Crippen LogP contribution in [0.3, 0.4) is 0 Å². The Balaban J connectivity index is 4.02. The first-order valence-electron chi connectivity index (χ1n) is 20.3. The van der Waals surface area contributed by atoms with Crippen LogP contribution in [0.2, 0.25) is 0 Å². The lowest BCUT2D eigenvalue weighted by atomic mass is 10.0. The van der Waals surface area contributed by atoms with Crippen molar-refractivity contribution >= 4 is 13.8 Å². The zero-order valence-electron chi connectivity index (χ0n) is 32.5. The molecule has 8 nitrogen and oxygen atoms in total. The summed E-state index contributed by atoms with van der Waals surface area (Å²) >= 11 is 0. The molecule has 2 atom stereocenters. The van der Waals surface area contributed by atoms with Gasteiger partial charge in [-0.25, -0.2) is 0 Å². The molecule has 0 spiro atoms. The van der Waals surface area contributed by atoms with Crippen molar-refractivity contribution < 1.29 is 37.3 Å². The van der Waals surface area contributed by atoms with Crippen LogP contribution < -0.4 is 4.89 Å². The topological polar surface area (TPSA) is 94.1 Å². The molecule has 2 unspecified atom stereocenters. The van der Waals surface area contributed by atoms with Crippen LogP contribution in [0.15, 0.2) is 0 Å². The van der Waals surface area contributed by atoms with Gasteiger partial charge in [0.2, 0.25) is 0 Å². The van der Waals surface area contributed by atoms with E-state index in [0.29, 0.717) is 24.1 Å². The molecular weight excluding hydrogens is 625 g/mol. The first-order valence-corrected chi connectivity index (χ1v) is 21.7. The van der Waals surface area contributed by atoms with Crippen LogP contribution in [0.5, 0.6) is 0 Å². The third kappa shape index (κ3) is 36.8. The molecule has 0 aliphatic heterocycles. The Morgan fingerprint density at radius 2 is 0.958 bits per heavy atom. The highest BCUT2D eigenvalue weighted by Gasteiger charge is 2.20. The molecule has 0 rings (SSSR count). The monoisotopic (exact) mass is 706 g/mol. The summed E-state index contributed by atoms with van der Waals surface area (Å²) in [5, 5.41) is 0. The van der Waals surface area contributed by atoms with Gasteiger partial charge in [0.25, 0.3) is 7.82 Å². The first kappa shape index (κ1) is 47.5. The van der Waals surface area contributed by atoms with Crippen molar-refractivity contribution in [1.82, 2.24) is 0 Å². The van der Waals surface area contributed by atoms with E-state index >= 15 is 0 Å². The van der Waals surface area contributed by atoms with Crippen molar-refractivity contribution in [3.05, 3.63) is 0 Å². The van der Waals surface area contributed by atoms with Gasteiger partial charge in [-0.05, 0) is 12.8 Å². The van der Waals surface area contributed by atoms with Crippen LogP contribution in [0.1, 0.15) is 187 Å². The standard InChI is InChI=1S/C39H80NO7P/c1-6-8-10-12-14-15-16-17-18-19-20-21-22-23-24-25-26-27-28-30-32-39(41)47-38(36-44-34-31-29-13-11-9-7-2)37-46-48(42,43)45-35-33-40(3,4)5/h38H,6-37H2,1-5H3. The maximum Gasteiger partial charge on any atom is 0.306 e. The highest BCUT2D eigenvalue weighted by Crippen LogP contribution is 2.38. The van der Waals surface area contributed by atoms with E-state index in [1.54, 1.807) is 0 Å². The van der Waals surface area contributed by atoms with Gasteiger partial charge in [0.1, 0.15) is 19.3 Å². The molecular formula is C39H80NO7P. The Morgan fingerprint density at radius 1 is 0.562 bits per heavy atom. The number of esters is 1. The number of phosphoric ester groups is 1. The van der Waals surface area contributed by atoms with Crippen molar-refractivity contribution in [2.24, 2.45) is 0 Å². The van der Waals surface area contributed by atoms with Gasteiger partial charge < -0.3 is 27.9 Å². The van der Waals surface area contributed by atoms with Gasteiger partial charge in [-0.15, -0.1) is 0 Å². The predicted molar refractivity (Wildman–Crippen MR) is 199 cm³/mol. The summed E-state index contributed by atoms with van der Waals surface area (Å²) in [6.07, 6.45) is 32.7. The van der Waals surface area contributed by atoms with Crippen LogP contribution in [-0.2, 0) is 27.9 Å². The molecule has 0 saturated carbocycles. The molecule has 9 heteroatoms. The fourth-order valence-electron chi connectivity index (χ4n) is 5.72. The molecule has 0 radical (unpaired) electrons. The number of quaternary nitrogens is 1. The Bertz CT molecular complexity index is 746. The number of unbranched alkanes of at least 4 members (excludes halogenated alkanes) is 24. The van der Waals surface area contributed by atoms with Crippen LogP contribution in [-0.4, -0.2) is 70.7 Å². The molecule has 0 fully saturated rings. The molecule has 0 amide bonds. The van der Waals surface area contributed by atoms with Crippen LogP contribution >= 0.6 is 7.82 Å². The second-order valence-corrected chi connectivity index (χ2v) is 16.4. The molecule has 0 heterocycles. The minimum absolute atomic E-state index is 0.0305. The van der Waals surface area contributed by atoms with E-state index in [0.717, 1.165) is 32.1 Å². The number of hydrogen-bond acceptors (Lipinski definition) is 7. The molecule has 48 heavy (non-hydrogen) atoms. The fraction of sp³-hybridized carbons (Fsp3) is 0.974. The SMILES string of the molecule is CCCCCCCCCCCCCCCCCCCCCCC(=O)OC(COCCCCCCCC)COP(=O)([O-])OCC[N+](C)(C)C. The maximum atomic E-state index is 12.6. The number of carbonyl (C=O) groups excluding carboxylic acids is 1. The normalized spacial score (nSPS) is 13.9. The largest absolute Gasteiger partial charge is 0.756 e. The van der Waals surface area contributed by atoms with Gasteiger partial charge in [-0.2, -0.15) is 0 Å². The maximum absolute atomic E-state index is 12.6. The fourth-order valence-corrected chi connectivity index (χ4v) is 6.45. The lowest BCUT2D eigenvalue weighted by Crippen LogP contribution is -2.37. The van der Waals surface area contributed by atoms with Gasteiger partial charge in [0.15, 0.2) is 0 Å². The number of phosphoric acid groups is 1. The number of rotatable bonds is 38. The van der Waals surface area contributed by atoms with Gasteiger partial charge >= 0.3 is 5.97 Å². The third-order valence-corrected chi connectivity index (χ3v) is 9.87. The second kappa shape index (κ2) is 33.6. The number of ether oxygens (including phenoxy) is 2. The quantitative estimate of drug-likeness (QED) is 0.0273. The van der Waals surface area contributed by atoms with Gasteiger partial charge in [0.05, 0.1) is 34.4 Å². The predicted octanol–water partition coefficient (Wildman–Crippen LogP) is 10.7. The van der Waals surface area contributed by atoms with Gasteiger partial charge in [-0.1, -0.05) is 168 Å². The highest BCUT2D eigenvalue weighted by molar-refractivity contribution is 7.45. The average molecular weight is 706 g/mol. The second-order valence-electron chi connectivity index (χ2n) is 15.0. The van der Waals surface area contributed by atoms with Crippen molar-refractivity contribution in [2.45, 2.75) is 193 Å². The van der Waals surface area contributed by atoms with E-state index in [-0.39, 0.29) is 25.8 Å². The zero-order chi connectivity index (χ0) is 35.6. The summed E-state index contributed by atoms with van der Waals surface area (Å²) in [6, 6.07) is 0. The summed E-state index contributed by atoms with van der Waals surface area (Å²) in [4.78, 5) is 24.8. The highest BCUT2D eigenvalue weighted by atomic mass is 31.2. The van der Waals surface area contributed by atoms with Crippen molar-refractivity contribution in [2.75, 3.05) is 54.1 Å². The van der Waals surface area contributed by atoms with Crippen molar-refractivity contribution in [3.8, 4) is 0 Å².